The molecule has 4 rings (SSSR count). The minimum atomic E-state index is -3.71. The van der Waals surface area contributed by atoms with Gasteiger partial charge >= 0.3 is 5.97 Å². The number of piperazine rings is 1. The molecule has 2 aromatic rings. The topological polar surface area (TPSA) is 88.6 Å². The number of nitrogens with zero attached hydrogens (tertiary/aromatic N) is 2. The third-order valence-corrected chi connectivity index (χ3v) is 7.00. The summed E-state index contributed by atoms with van der Waals surface area (Å²) in [7, 11) is -3.71. The van der Waals surface area contributed by atoms with E-state index in [-0.39, 0.29) is 23.5 Å². The number of pyridine rings is 1. The fourth-order valence-corrected chi connectivity index (χ4v) is 5.53. The lowest BCUT2D eigenvalue weighted by Crippen LogP contribution is -2.58. The number of benzene rings is 1. The molecule has 2 fully saturated rings. The predicted molar refractivity (Wildman–Crippen MR) is 101 cm³/mol. The van der Waals surface area contributed by atoms with Crippen LogP contribution in [0.4, 0.5) is 0 Å². The molecule has 27 heavy (non-hydrogen) atoms. The number of sulfonamides is 1. The Morgan fingerprint density at radius 1 is 1.30 bits per heavy atom. The van der Waals surface area contributed by atoms with Crippen LogP contribution in [0.5, 0.6) is 0 Å². The number of hydrogen-bond acceptors (Lipinski definition) is 6. The van der Waals surface area contributed by atoms with E-state index in [2.05, 4.69) is 10.3 Å². The van der Waals surface area contributed by atoms with Gasteiger partial charge in [-0.05, 0) is 50.8 Å². The molecule has 144 valence electrons. The van der Waals surface area contributed by atoms with Gasteiger partial charge in [-0.3, -0.25) is 10.3 Å². The lowest BCUT2D eigenvalue weighted by atomic mass is 10.0. The van der Waals surface area contributed by atoms with Crippen molar-refractivity contribution in [2.75, 3.05) is 13.1 Å². The highest BCUT2D eigenvalue weighted by atomic mass is 32.2. The van der Waals surface area contributed by atoms with Crippen molar-refractivity contribution in [3.05, 3.63) is 36.7 Å². The lowest BCUT2D eigenvalue weighted by molar-refractivity contribution is -0.162. The van der Waals surface area contributed by atoms with E-state index >= 15 is 0 Å². The summed E-state index contributed by atoms with van der Waals surface area (Å²) in [5.41, 5.74) is -1.59. The maximum absolute atomic E-state index is 13.2. The van der Waals surface area contributed by atoms with Crippen LogP contribution in [0.2, 0.25) is 0 Å². The Morgan fingerprint density at radius 3 is 2.81 bits per heavy atom. The number of ether oxygens (including phenoxy) is 1. The van der Waals surface area contributed by atoms with Gasteiger partial charge in [0.15, 0.2) is 0 Å². The normalized spacial score (nSPS) is 25.8. The quantitative estimate of drug-likeness (QED) is 0.804. The number of fused-ring (bicyclic) bond motifs is 3. The van der Waals surface area contributed by atoms with Crippen LogP contribution in [0, 0.1) is 0 Å². The number of aromatic nitrogens is 1. The fraction of sp³-hybridized carbons (Fsp3) is 0.474. The molecule has 2 saturated heterocycles. The van der Waals surface area contributed by atoms with Gasteiger partial charge in [0.05, 0.1) is 4.90 Å². The second-order valence-electron chi connectivity index (χ2n) is 8.26. The number of carbonyl (C=O) groups is 1. The SMILES string of the molecule is CC(C)(C)OC(=O)[C@@]12C[C@@H](CN1)N(S(=O)(=O)c1ccc3cnccc3c1)C2. The average Bonchev–Trinajstić information content (AvgIpc) is 3.20. The number of carbonyl (C=O) groups excluding carboxylic acids is 1. The van der Waals surface area contributed by atoms with E-state index in [0.29, 0.717) is 13.0 Å². The maximum Gasteiger partial charge on any atom is 0.328 e. The summed E-state index contributed by atoms with van der Waals surface area (Å²) in [4.78, 5) is 17.0. The summed E-state index contributed by atoms with van der Waals surface area (Å²) in [6.07, 6.45) is 3.77. The minimum Gasteiger partial charge on any atom is -0.459 e. The van der Waals surface area contributed by atoms with E-state index in [0.717, 1.165) is 10.8 Å². The number of esters is 1. The first-order chi connectivity index (χ1) is 12.6. The van der Waals surface area contributed by atoms with E-state index in [1.54, 1.807) is 57.4 Å². The molecule has 1 aromatic heterocycles. The van der Waals surface area contributed by atoms with Crippen LogP contribution in [-0.4, -0.2) is 53.9 Å². The Kier molecular flexibility index (Phi) is 4.06. The number of hydrogen-bond donors (Lipinski definition) is 1. The van der Waals surface area contributed by atoms with Crippen molar-refractivity contribution in [2.45, 2.75) is 49.3 Å². The molecule has 1 aromatic carbocycles. The third kappa shape index (κ3) is 3.11. The molecule has 0 unspecified atom stereocenters. The second kappa shape index (κ2) is 5.98. The summed E-state index contributed by atoms with van der Waals surface area (Å²) in [6, 6.07) is 6.54. The highest BCUT2D eigenvalue weighted by Gasteiger charge is 2.59. The summed E-state index contributed by atoms with van der Waals surface area (Å²) in [6.45, 7) is 5.95. The molecule has 1 N–H and O–H groups in total. The van der Waals surface area contributed by atoms with Crippen LogP contribution in [0.3, 0.4) is 0 Å². The maximum atomic E-state index is 13.2. The largest absolute Gasteiger partial charge is 0.459 e. The molecule has 2 bridgehead atoms. The van der Waals surface area contributed by atoms with Crippen LogP contribution < -0.4 is 5.32 Å². The predicted octanol–water partition coefficient (Wildman–Crippen LogP) is 1.68. The molecular formula is C19H23N3O4S. The summed E-state index contributed by atoms with van der Waals surface area (Å²) in [5.74, 6) is -0.389. The smallest absolute Gasteiger partial charge is 0.328 e. The van der Waals surface area contributed by atoms with Crippen LogP contribution in [-0.2, 0) is 19.6 Å². The Bertz CT molecular complexity index is 1020. The first kappa shape index (κ1) is 18.3. The van der Waals surface area contributed by atoms with Gasteiger partial charge < -0.3 is 4.74 Å². The van der Waals surface area contributed by atoms with Crippen molar-refractivity contribution in [2.24, 2.45) is 0 Å². The third-order valence-electron chi connectivity index (χ3n) is 5.10. The Balaban J connectivity index is 1.64. The average molecular weight is 389 g/mol. The van der Waals surface area contributed by atoms with Crippen LogP contribution >= 0.6 is 0 Å². The molecule has 7 nitrogen and oxygen atoms in total. The van der Waals surface area contributed by atoms with Crippen LogP contribution in [0.1, 0.15) is 27.2 Å². The summed E-state index contributed by atoms with van der Waals surface area (Å²) >= 11 is 0. The summed E-state index contributed by atoms with van der Waals surface area (Å²) < 4.78 is 33.5. The van der Waals surface area contributed by atoms with Crippen molar-refractivity contribution in [1.29, 1.82) is 0 Å². The molecule has 0 radical (unpaired) electrons. The molecule has 0 amide bonds. The van der Waals surface area contributed by atoms with E-state index < -0.39 is 21.2 Å². The van der Waals surface area contributed by atoms with E-state index in [1.165, 1.54) is 4.31 Å². The van der Waals surface area contributed by atoms with Crippen molar-refractivity contribution >= 4 is 26.8 Å². The van der Waals surface area contributed by atoms with Crippen molar-refractivity contribution < 1.29 is 17.9 Å². The highest BCUT2D eigenvalue weighted by Crippen LogP contribution is 2.38. The van der Waals surface area contributed by atoms with Gasteiger partial charge in [0, 0.05) is 36.9 Å². The van der Waals surface area contributed by atoms with Crippen LogP contribution in [0.25, 0.3) is 10.8 Å². The van der Waals surface area contributed by atoms with Gasteiger partial charge in [0.2, 0.25) is 10.0 Å². The van der Waals surface area contributed by atoms with Gasteiger partial charge in [0.1, 0.15) is 11.1 Å². The second-order valence-corrected chi connectivity index (χ2v) is 10.1. The van der Waals surface area contributed by atoms with Gasteiger partial charge in [-0.25, -0.2) is 13.2 Å². The van der Waals surface area contributed by atoms with Crippen molar-refractivity contribution in [3.63, 3.8) is 0 Å². The molecule has 2 aliphatic heterocycles. The Hall–Kier alpha value is -2.03. The zero-order valence-electron chi connectivity index (χ0n) is 15.6. The Morgan fingerprint density at radius 2 is 2.07 bits per heavy atom. The number of rotatable bonds is 3. The number of nitrogens with one attached hydrogen (secondary N) is 1. The molecule has 0 aliphatic carbocycles. The van der Waals surface area contributed by atoms with Crippen molar-refractivity contribution in [1.82, 2.24) is 14.6 Å². The Labute approximate surface area is 158 Å². The van der Waals surface area contributed by atoms with E-state index in [9.17, 15) is 13.2 Å². The van der Waals surface area contributed by atoms with Crippen molar-refractivity contribution in [3.8, 4) is 0 Å². The standard InChI is InChI=1S/C19H23N3O4S/c1-18(2,3)26-17(23)19-9-15(11-21-19)22(12-19)27(24,25)16-5-4-14-10-20-7-6-13(14)8-16/h4-8,10,15,21H,9,11-12H2,1-3H3/t15-,19-/m0/s1. The highest BCUT2D eigenvalue weighted by molar-refractivity contribution is 7.89. The minimum absolute atomic E-state index is 0.0866. The van der Waals surface area contributed by atoms with Crippen LogP contribution in [0.15, 0.2) is 41.6 Å². The molecule has 0 spiro atoms. The van der Waals surface area contributed by atoms with Gasteiger partial charge in [-0.15, -0.1) is 0 Å². The molecule has 3 heterocycles. The van der Waals surface area contributed by atoms with E-state index in [4.69, 9.17) is 4.74 Å². The molecule has 8 heteroatoms. The first-order valence-corrected chi connectivity index (χ1v) is 10.4. The van der Waals surface area contributed by atoms with Gasteiger partial charge in [0.25, 0.3) is 0 Å². The first-order valence-electron chi connectivity index (χ1n) is 8.95. The zero-order chi connectivity index (χ0) is 19.4. The monoisotopic (exact) mass is 389 g/mol. The van der Waals surface area contributed by atoms with Gasteiger partial charge in [-0.1, -0.05) is 6.07 Å². The van der Waals surface area contributed by atoms with E-state index in [1.807, 2.05) is 0 Å². The lowest BCUT2D eigenvalue weighted by Gasteiger charge is -2.33. The molecule has 2 aliphatic rings. The van der Waals surface area contributed by atoms with Gasteiger partial charge in [-0.2, -0.15) is 4.31 Å². The summed E-state index contributed by atoms with van der Waals surface area (Å²) in [5, 5.41) is 4.88. The zero-order valence-corrected chi connectivity index (χ0v) is 16.4. The molecular weight excluding hydrogens is 366 g/mol. The fourth-order valence-electron chi connectivity index (χ4n) is 3.81. The molecule has 0 saturated carbocycles. The molecule has 2 atom stereocenters.